The van der Waals surface area contributed by atoms with Crippen molar-refractivity contribution in [1.82, 2.24) is 10.3 Å². The fourth-order valence-corrected chi connectivity index (χ4v) is 1.54. The van der Waals surface area contributed by atoms with Gasteiger partial charge in [-0.25, -0.2) is 8.78 Å². The minimum Gasteiger partial charge on any atom is -0.399 e. The van der Waals surface area contributed by atoms with Crippen molar-refractivity contribution in [1.29, 1.82) is 0 Å². The van der Waals surface area contributed by atoms with E-state index in [0.717, 1.165) is 10.9 Å². The largest absolute Gasteiger partial charge is 0.399 e. The molecular formula is C11H11F2N3O. The zero-order valence-electron chi connectivity index (χ0n) is 8.84. The van der Waals surface area contributed by atoms with E-state index in [2.05, 4.69) is 10.3 Å². The summed E-state index contributed by atoms with van der Waals surface area (Å²) >= 11 is 0. The fourth-order valence-electron chi connectivity index (χ4n) is 1.54. The highest BCUT2D eigenvalue weighted by atomic mass is 19.3. The maximum Gasteiger partial charge on any atom is 0.267 e. The monoisotopic (exact) mass is 239 g/mol. The Morgan fingerprint density at radius 2 is 2.18 bits per heavy atom. The zero-order chi connectivity index (χ0) is 12.4. The van der Waals surface area contributed by atoms with Crippen molar-refractivity contribution < 1.29 is 13.6 Å². The van der Waals surface area contributed by atoms with Gasteiger partial charge in [-0.05, 0) is 24.3 Å². The summed E-state index contributed by atoms with van der Waals surface area (Å²) in [5, 5.41) is 2.89. The van der Waals surface area contributed by atoms with Crippen LogP contribution in [0.5, 0.6) is 0 Å². The molecule has 1 aromatic carbocycles. The summed E-state index contributed by atoms with van der Waals surface area (Å²) in [5.74, 6) is -0.555. The second-order valence-electron chi connectivity index (χ2n) is 3.63. The third-order valence-electron chi connectivity index (χ3n) is 2.31. The average molecular weight is 239 g/mol. The van der Waals surface area contributed by atoms with Crippen LogP contribution in [0.15, 0.2) is 24.3 Å². The Balaban J connectivity index is 2.21. The average Bonchev–Trinajstić information content (AvgIpc) is 2.68. The molecule has 2 rings (SSSR count). The number of amides is 1. The second kappa shape index (κ2) is 4.40. The smallest absolute Gasteiger partial charge is 0.267 e. The van der Waals surface area contributed by atoms with Crippen molar-refractivity contribution in [2.75, 3.05) is 12.3 Å². The minimum atomic E-state index is -2.56. The number of H-pyrrole nitrogens is 1. The third-order valence-corrected chi connectivity index (χ3v) is 2.31. The molecule has 90 valence electrons. The molecule has 1 heterocycles. The molecule has 0 fully saturated rings. The topological polar surface area (TPSA) is 70.9 Å². The quantitative estimate of drug-likeness (QED) is 0.714. The van der Waals surface area contributed by atoms with E-state index in [4.69, 9.17) is 5.73 Å². The maximum atomic E-state index is 11.9. The molecule has 0 radical (unpaired) electrons. The third kappa shape index (κ3) is 2.52. The van der Waals surface area contributed by atoms with Gasteiger partial charge < -0.3 is 16.0 Å². The second-order valence-corrected chi connectivity index (χ2v) is 3.63. The predicted octanol–water partition coefficient (Wildman–Crippen LogP) is 1.74. The zero-order valence-corrected chi connectivity index (χ0v) is 8.84. The van der Waals surface area contributed by atoms with E-state index in [0.29, 0.717) is 5.69 Å². The summed E-state index contributed by atoms with van der Waals surface area (Å²) in [6, 6.07) is 6.70. The van der Waals surface area contributed by atoms with Gasteiger partial charge in [0.2, 0.25) is 0 Å². The van der Waals surface area contributed by atoms with E-state index in [1.54, 1.807) is 24.3 Å². The van der Waals surface area contributed by atoms with Crippen molar-refractivity contribution in [3.8, 4) is 0 Å². The SMILES string of the molecule is Nc1ccc2[nH]c(C(=O)NCC(F)F)cc2c1. The number of benzene rings is 1. The van der Waals surface area contributed by atoms with Gasteiger partial charge in [-0.1, -0.05) is 0 Å². The van der Waals surface area contributed by atoms with Gasteiger partial charge in [0.25, 0.3) is 12.3 Å². The molecule has 2 aromatic rings. The molecule has 0 saturated carbocycles. The molecule has 0 aliphatic heterocycles. The number of alkyl halides is 2. The van der Waals surface area contributed by atoms with Crippen LogP contribution in [0.2, 0.25) is 0 Å². The lowest BCUT2D eigenvalue weighted by molar-refractivity contribution is 0.0888. The molecule has 0 aliphatic carbocycles. The Labute approximate surface area is 95.8 Å². The number of hydrogen-bond donors (Lipinski definition) is 3. The molecule has 1 amide bonds. The Morgan fingerprint density at radius 1 is 1.41 bits per heavy atom. The van der Waals surface area contributed by atoms with Crippen LogP contribution < -0.4 is 11.1 Å². The van der Waals surface area contributed by atoms with Crippen LogP contribution in [0.4, 0.5) is 14.5 Å². The number of carbonyl (C=O) groups is 1. The molecule has 4 N–H and O–H groups in total. The summed E-state index contributed by atoms with van der Waals surface area (Å²) in [4.78, 5) is 14.3. The molecule has 17 heavy (non-hydrogen) atoms. The molecule has 0 saturated heterocycles. The van der Waals surface area contributed by atoms with Crippen LogP contribution in [0.25, 0.3) is 10.9 Å². The van der Waals surface area contributed by atoms with E-state index in [1.165, 1.54) is 0 Å². The Kier molecular flexibility index (Phi) is 2.95. The molecule has 6 heteroatoms. The molecule has 1 aromatic heterocycles. The first-order valence-electron chi connectivity index (χ1n) is 5.01. The fraction of sp³-hybridized carbons (Fsp3) is 0.182. The van der Waals surface area contributed by atoms with Crippen molar-refractivity contribution in [2.45, 2.75) is 6.43 Å². The van der Waals surface area contributed by atoms with Crippen molar-refractivity contribution in [3.05, 3.63) is 30.0 Å². The van der Waals surface area contributed by atoms with Gasteiger partial charge in [0.1, 0.15) is 5.69 Å². The van der Waals surface area contributed by atoms with E-state index >= 15 is 0 Å². The number of halogens is 2. The van der Waals surface area contributed by atoms with Crippen molar-refractivity contribution in [2.24, 2.45) is 0 Å². The number of aromatic amines is 1. The highest BCUT2D eigenvalue weighted by Gasteiger charge is 2.11. The van der Waals surface area contributed by atoms with Gasteiger partial charge in [-0.3, -0.25) is 4.79 Å². The first-order chi connectivity index (χ1) is 8.06. The van der Waals surface area contributed by atoms with Crippen LogP contribution in [0.3, 0.4) is 0 Å². The molecule has 4 nitrogen and oxygen atoms in total. The molecule has 0 unspecified atom stereocenters. The Hall–Kier alpha value is -2.11. The van der Waals surface area contributed by atoms with Gasteiger partial charge in [0, 0.05) is 16.6 Å². The number of fused-ring (bicyclic) bond motifs is 1. The first kappa shape index (κ1) is 11.4. The first-order valence-corrected chi connectivity index (χ1v) is 5.01. The van der Waals surface area contributed by atoms with Crippen LogP contribution in [-0.2, 0) is 0 Å². The number of aromatic nitrogens is 1. The summed E-state index contributed by atoms with van der Waals surface area (Å²) in [7, 11) is 0. The normalized spacial score (nSPS) is 11.0. The lowest BCUT2D eigenvalue weighted by atomic mass is 10.2. The van der Waals surface area contributed by atoms with Crippen LogP contribution in [0.1, 0.15) is 10.5 Å². The Bertz CT molecular complexity index is 551. The number of nitrogen functional groups attached to an aromatic ring is 1. The van der Waals surface area contributed by atoms with Gasteiger partial charge in [-0.15, -0.1) is 0 Å². The highest BCUT2D eigenvalue weighted by Crippen LogP contribution is 2.18. The van der Waals surface area contributed by atoms with Crippen LogP contribution in [0, 0.1) is 0 Å². The lowest BCUT2D eigenvalue weighted by Gasteiger charge is -2.01. The minimum absolute atomic E-state index is 0.242. The molecule has 0 bridgehead atoms. The number of nitrogens with one attached hydrogen (secondary N) is 2. The van der Waals surface area contributed by atoms with E-state index in [1.807, 2.05) is 0 Å². The van der Waals surface area contributed by atoms with Gasteiger partial charge in [0.15, 0.2) is 0 Å². The maximum absolute atomic E-state index is 11.9. The number of nitrogens with two attached hydrogens (primary N) is 1. The summed E-state index contributed by atoms with van der Waals surface area (Å²) in [6.45, 7) is -0.656. The molecule has 0 spiro atoms. The van der Waals surface area contributed by atoms with Gasteiger partial charge >= 0.3 is 0 Å². The van der Waals surface area contributed by atoms with E-state index < -0.39 is 18.9 Å². The van der Waals surface area contributed by atoms with E-state index in [-0.39, 0.29) is 5.69 Å². The Morgan fingerprint density at radius 3 is 2.88 bits per heavy atom. The van der Waals surface area contributed by atoms with E-state index in [9.17, 15) is 13.6 Å². The summed E-state index contributed by atoms with van der Waals surface area (Å²) < 4.78 is 23.9. The molecular weight excluding hydrogens is 228 g/mol. The highest BCUT2D eigenvalue weighted by molar-refractivity contribution is 5.98. The number of anilines is 1. The summed E-state index contributed by atoms with van der Waals surface area (Å²) in [5.41, 5.74) is 7.15. The lowest BCUT2D eigenvalue weighted by Crippen LogP contribution is -2.28. The van der Waals surface area contributed by atoms with Crippen molar-refractivity contribution >= 4 is 22.5 Å². The summed E-state index contributed by atoms with van der Waals surface area (Å²) in [6.07, 6.45) is -2.56. The number of carbonyl (C=O) groups excluding carboxylic acids is 1. The predicted molar refractivity (Wildman–Crippen MR) is 61.0 cm³/mol. The van der Waals surface area contributed by atoms with Crippen molar-refractivity contribution in [3.63, 3.8) is 0 Å². The van der Waals surface area contributed by atoms with Gasteiger partial charge in [-0.2, -0.15) is 0 Å². The van der Waals surface area contributed by atoms with Crippen LogP contribution in [-0.4, -0.2) is 23.9 Å². The molecule has 0 atom stereocenters. The number of rotatable bonds is 3. The van der Waals surface area contributed by atoms with Gasteiger partial charge in [0.05, 0.1) is 6.54 Å². The standard InChI is InChI=1S/C11H11F2N3O/c12-10(13)5-15-11(17)9-4-6-3-7(14)1-2-8(6)16-9/h1-4,10,16H,5,14H2,(H,15,17). The van der Waals surface area contributed by atoms with Crippen LogP contribution >= 0.6 is 0 Å². The molecule has 0 aliphatic rings. The number of hydrogen-bond acceptors (Lipinski definition) is 2.